The zero-order valence-corrected chi connectivity index (χ0v) is 17.6. The van der Waals surface area contributed by atoms with Gasteiger partial charge < -0.3 is 15.0 Å². The number of aromatic nitrogens is 2. The van der Waals surface area contributed by atoms with Crippen molar-refractivity contribution in [2.45, 2.75) is 26.3 Å². The summed E-state index contributed by atoms with van der Waals surface area (Å²) < 4.78 is 5.21. The van der Waals surface area contributed by atoms with Gasteiger partial charge in [0.15, 0.2) is 5.69 Å². The third-order valence-electron chi connectivity index (χ3n) is 4.66. The molecule has 3 aromatic rings. The number of hydrogen-bond donors (Lipinski definition) is 1. The van der Waals surface area contributed by atoms with Gasteiger partial charge >= 0.3 is 0 Å². The molecule has 1 N–H and O–H groups in total. The van der Waals surface area contributed by atoms with Crippen molar-refractivity contribution in [3.63, 3.8) is 0 Å². The Bertz CT molecular complexity index is 1050. The summed E-state index contributed by atoms with van der Waals surface area (Å²) in [5, 5.41) is 4.78. The fourth-order valence-corrected chi connectivity index (χ4v) is 3.26. The van der Waals surface area contributed by atoms with Gasteiger partial charge in [-0.1, -0.05) is 37.1 Å². The van der Waals surface area contributed by atoms with Crippen molar-refractivity contribution in [1.82, 2.24) is 9.97 Å². The van der Waals surface area contributed by atoms with E-state index in [0.29, 0.717) is 34.8 Å². The largest absolute Gasteiger partial charge is 0.495 e. The Morgan fingerprint density at radius 2 is 2.03 bits per heavy atom. The van der Waals surface area contributed by atoms with Crippen LogP contribution >= 0.6 is 11.6 Å². The minimum absolute atomic E-state index is 0.538. The van der Waals surface area contributed by atoms with E-state index in [2.05, 4.69) is 22.0 Å². The second-order valence-electron chi connectivity index (χ2n) is 6.78. The Kier molecular flexibility index (Phi) is 6.73. The Morgan fingerprint density at radius 1 is 1.21 bits per heavy atom. The predicted octanol–water partition coefficient (Wildman–Crippen LogP) is 5.69. The summed E-state index contributed by atoms with van der Waals surface area (Å²) >= 11 is 6.24. The van der Waals surface area contributed by atoms with E-state index in [1.54, 1.807) is 13.2 Å². The van der Waals surface area contributed by atoms with E-state index in [1.165, 1.54) is 0 Å². The van der Waals surface area contributed by atoms with Crippen LogP contribution in [0.25, 0.3) is 15.7 Å². The molecule has 2 aromatic carbocycles. The highest BCUT2D eigenvalue weighted by atomic mass is 35.5. The third-order valence-corrected chi connectivity index (χ3v) is 4.96. The third kappa shape index (κ3) is 4.87. The van der Waals surface area contributed by atoms with Gasteiger partial charge in [0.05, 0.1) is 24.2 Å². The standard InChI is InChI=1S/C22H24ClN5O/c1-5-6-11-28(3)22-26-19-9-8-16(24-2)13-17(19)21(27-22)25-14-15-7-10-20(29-4)18(23)12-15/h7-10,12-13H,5-6,11,14H2,1,3-4H3,(H,25,26,27). The lowest BCUT2D eigenvalue weighted by Crippen LogP contribution is -2.21. The molecule has 0 saturated heterocycles. The van der Waals surface area contributed by atoms with E-state index in [9.17, 15) is 0 Å². The number of rotatable bonds is 8. The summed E-state index contributed by atoms with van der Waals surface area (Å²) in [7, 11) is 3.59. The summed E-state index contributed by atoms with van der Waals surface area (Å²) in [6.45, 7) is 10.9. The van der Waals surface area contributed by atoms with Crippen LogP contribution in [0.1, 0.15) is 25.3 Å². The van der Waals surface area contributed by atoms with Crippen molar-refractivity contribution < 1.29 is 4.74 Å². The number of anilines is 2. The summed E-state index contributed by atoms with van der Waals surface area (Å²) in [6.07, 6.45) is 2.18. The lowest BCUT2D eigenvalue weighted by atomic mass is 10.2. The highest BCUT2D eigenvalue weighted by Crippen LogP contribution is 2.29. The van der Waals surface area contributed by atoms with Gasteiger partial charge in [-0.3, -0.25) is 0 Å². The van der Waals surface area contributed by atoms with Gasteiger partial charge in [-0.15, -0.1) is 0 Å². The van der Waals surface area contributed by atoms with Crippen LogP contribution < -0.4 is 15.0 Å². The molecule has 0 fully saturated rings. The normalized spacial score (nSPS) is 10.6. The molecule has 0 aliphatic carbocycles. The number of fused-ring (bicyclic) bond motifs is 1. The van der Waals surface area contributed by atoms with Crippen molar-refractivity contribution in [3.8, 4) is 5.75 Å². The number of methoxy groups -OCH3 is 1. The average Bonchev–Trinajstić information content (AvgIpc) is 2.75. The maximum absolute atomic E-state index is 7.30. The van der Waals surface area contributed by atoms with Crippen LogP contribution in [0.2, 0.25) is 5.02 Å². The molecule has 0 aliphatic heterocycles. The molecule has 0 saturated carbocycles. The smallest absolute Gasteiger partial charge is 0.227 e. The molecule has 0 unspecified atom stereocenters. The highest BCUT2D eigenvalue weighted by Gasteiger charge is 2.12. The number of benzene rings is 2. The summed E-state index contributed by atoms with van der Waals surface area (Å²) in [5.41, 5.74) is 2.37. The molecule has 0 bridgehead atoms. The van der Waals surface area contributed by atoms with Crippen molar-refractivity contribution in [1.29, 1.82) is 0 Å². The first kappa shape index (κ1) is 20.7. The Morgan fingerprint density at radius 3 is 2.72 bits per heavy atom. The number of hydrogen-bond acceptors (Lipinski definition) is 5. The lowest BCUT2D eigenvalue weighted by molar-refractivity contribution is 0.415. The molecule has 7 heteroatoms. The monoisotopic (exact) mass is 409 g/mol. The number of nitrogens with zero attached hydrogens (tertiary/aromatic N) is 4. The van der Waals surface area contributed by atoms with Gasteiger partial charge in [-0.05, 0) is 36.2 Å². The van der Waals surface area contributed by atoms with E-state index >= 15 is 0 Å². The zero-order chi connectivity index (χ0) is 20.8. The maximum Gasteiger partial charge on any atom is 0.227 e. The molecule has 0 atom stereocenters. The van der Waals surface area contributed by atoms with Gasteiger partial charge in [0.2, 0.25) is 5.95 Å². The SMILES string of the molecule is [C-]#[N+]c1ccc2nc(N(C)CCCC)nc(NCc3ccc(OC)c(Cl)c3)c2c1. The van der Waals surface area contributed by atoms with Gasteiger partial charge in [-0.2, -0.15) is 4.98 Å². The molecular weight excluding hydrogens is 386 g/mol. The minimum Gasteiger partial charge on any atom is -0.495 e. The summed E-state index contributed by atoms with van der Waals surface area (Å²) in [5.74, 6) is 2.01. The van der Waals surface area contributed by atoms with E-state index in [4.69, 9.17) is 32.9 Å². The van der Waals surface area contributed by atoms with E-state index in [1.807, 2.05) is 37.4 Å². The first-order valence-electron chi connectivity index (χ1n) is 9.52. The first-order chi connectivity index (χ1) is 14.0. The molecule has 1 aromatic heterocycles. The quantitative estimate of drug-likeness (QED) is 0.484. The fraction of sp³-hybridized carbons (Fsp3) is 0.318. The van der Waals surface area contributed by atoms with Crippen LogP contribution in [0.15, 0.2) is 36.4 Å². The Balaban J connectivity index is 1.94. The molecule has 6 nitrogen and oxygen atoms in total. The van der Waals surface area contributed by atoms with Crippen LogP contribution in [0.5, 0.6) is 5.75 Å². The van der Waals surface area contributed by atoms with Crippen LogP contribution in [-0.2, 0) is 6.54 Å². The number of unbranched alkanes of at least 4 members (excludes halogenated alkanes) is 1. The highest BCUT2D eigenvalue weighted by molar-refractivity contribution is 6.32. The molecule has 1 heterocycles. The van der Waals surface area contributed by atoms with Crippen LogP contribution in [0, 0.1) is 6.57 Å². The van der Waals surface area contributed by atoms with Crippen molar-refractivity contribution >= 4 is 40.0 Å². The van der Waals surface area contributed by atoms with Gasteiger partial charge in [0.1, 0.15) is 11.6 Å². The van der Waals surface area contributed by atoms with E-state index < -0.39 is 0 Å². The van der Waals surface area contributed by atoms with Crippen LogP contribution in [-0.4, -0.2) is 30.7 Å². The summed E-state index contributed by atoms with van der Waals surface area (Å²) in [6, 6.07) is 11.2. The molecule has 0 amide bonds. The average molecular weight is 410 g/mol. The van der Waals surface area contributed by atoms with Crippen molar-refractivity contribution in [2.75, 3.05) is 30.9 Å². The Labute approximate surface area is 176 Å². The molecule has 3 rings (SSSR count). The maximum atomic E-state index is 7.30. The second-order valence-corrected chi connectivity index (χ2v) is 7.19. The molecule has 0 spiro atoms. The van der Waals surface area contributed by atoms with Crippen molar-refractivity contribution in [3.05, 3.63) is 58.4 Å². The molecule has 150 valence electrons. The van der Waals surface area contributed by atoms with Gasteiger partial charge in [0, 0.05) is 25.5 Å². The zero-order valence-electron chi connectivity index (χ0n) is 16.9. The fourth-order valence-electron chi connectivity index (χ4n) is 2.98. The van der Waals surface area contributed by atoms with Crippen LogP contribution in [0.4, 0.5) is 17.5 Å². The van der Waals surface area contributed by atoms with Crippen LogP contribution in [0.3, 0.4) is 0 Å². The van der Waals surface area contributed by atoms with Gasteiger partial charge in [0.25, 0.3) is 0 Å². The number of nitrogens with one attached hydrogen (secondary N) is 1. The van der Waals surface area contributed by atoms with Crippen molar-refractivity contribution in [2.24, 2.45) is 0 Å². The van der Waals surface area contributed by atoms with E-state index in [-0.39, 0.29) is 0 Å². The predicted molar refractivity (Wildman–Crippen MR) is 119 cm³/mol. The van der Waals surface area contributed by atoms with E-state index in [0.717, 1.165) is 35.9 Å². The number of ether oxygens (including phenoxy) is 1. The minimum atomic E-state index is 0.538. The molecule has 29 heavy (non-hydrogen) atoms. The number of halogens is 1. The van der Waals surface area contributed by atoms with Gasteiger partial charge in [-0.25, -0.2) is 9.83 Å². The lowest BCUT2D eigenvalue weighted by Gasteiger charge is -2.19. The second kappa shape index (κ2) is 9.44. The molecule has 0 aliphatic rings. The first-order valence-corrected chi connectivity index (χ1v) is 9.90. The summed E-state index contributed by atoms with van der Waals surface area (Å²) in [4.78, 5) is 15.0. The Hall–Kier alpha value is -3.04. The topological polar surface area (TPSA) is 54.6 Å². The molecule has 0 radical (unpaired) electrons. The molecular formula is C22H24ClN5O.